The molecule has 0 bridgehead atoms. The molecule has 24 heavy (non-hydrogen) atoms. The molecule has 2 aliphatic rings. The summed E-state index contributed by atoms with van der Waals surface area (Å²) in [4.78, 5) is 13.6. The van der Waals surface area contributed by atoms with E-state index in [0.717, 1.165) is 25.6 Å². The van der Waals surface area contributed by atoms with Gasteiger partial charge in [0.2, 0.25) is 0 Å². The maximum Gasteiger partial charge on any atom is 0.310 e. The highest BCUT2D eigenvalue weighted by Crippen LogP contribution is 2.40. The highest BCUT2D eigenvalue weighted by Gasteiger charge is 2.38. The van der Waals surface area contributed by atoms with Crippen molar-refractivity contribution in [3.8, 4) is 0 Å². The summed E-state index contributed by atoms with van der Waals surface area (Å²) in [6.45, 7) is 7.44. The summed E-state index contributed by atoms with van der Waals surface area (Å²) in [5, 5.41) is 13.0. The van der Waals surface area contributed by atoms with Gasteiger partial charge in [-0.1, -0.05) is 30.3 Å². The Labute approximate surface area is 145 Å². The number of carboxylic acids is 1. The second-order valence-corrected chi connectivity index (χ2v) is 8.18. The maximum atomic E-state index is 11.3. The molecule has 1 aromatic rings. The summed E-state index contributed by atoms with van der Waals surface area (Å²) in [5.41, 5.74) is 0.808. The van der Waals surface area contributed by atoms with E-state index < -0.39 is 11.4 Å². The van der Waals surface area contributed by atoms with Gasteiger partial charge < -0.3 is 15.3 Å². The van der Waals surface area contributed by atoms with E-state index in [2.05, 4.69) is 40.5 Å². The summed E-state index contributed by atoms with van der Waals surface area (Å²) in [6.07, 6.45) is 3.60. The van der Waals surface area contributed by atoms with Crippen molar-refractivity contribution in [2.24, 2.45) is 11.3 Å². The zero-order valence-electron chi connectivity index (χ0n) is 14.9. The average molecular weight is 330 g/mol. The van der Waals surface area contributed by atoms with Gasteiger partial charge in [-0.05, 0) is 64.2 Å². The maximum absolute atomic E-state index is 11.3. The van der Waals surface area contributed by atoms with Crippen LogP contribution in [0.2, 0.25) is 0 Å². The van der Waals surface area contributed by atoms with Gasteiger partial charge in [-0.15, -0.1) is 0 Å². The molecular formula is C20H30N2O2. The Morgan fingerprint density at radius 1 is 1.25 bits per heavy atom. The molecule has 2 atom stereocenters. The van der Waals surface area contributed by atoms with Crippen molar-refractivity contribution in [2.45, 2.75) is 45.1 Å². The first-order valence-corrected chi connectivity index (χ1v) is 9.20. The number of likely N-dealkylation sites (tertiary alicyclic amines) is 1. The van der Waals surface area contributed by atoms with E-state index in [1.54, 1.807) is 0 Å². The molecule has 1 aliphatic heterocycles. The van der Waals surface area contributed by atoms with Crippen molar-refractivity contribution < 1.29 is 9.90 Å². The number of carbonyl (C=O) groups is 1. The molecule has 4 heteroatoms. The lowest BCUT2D eigenvalue weighted by Crippen LogP contribution is -2.44. The number of rotatable bonds is 7. The fourth-order valence-electron chi connectivity index (χ4n) is 3.78. The lowest BCUT2D eigenvalue weighted by Gasteiger charge is -2.35. The van der Waals surface area contributed by atoms with Crippen molar-refractivity contribution in [1.29, 1.82) is 0 Å². The van der Waals surface area contributed by atoms with E-state index in [1.165, 1.54) is 24.8 Å². The molecule has 1 saturated carbocycles. The summed E-state index contributed by atoms with van der Waals surface area (Å²) in [5.74, 6) is 0.723. The van der Waals surface area contributed by atoms with E-state index in [-0.39, 0.29) is 0 Å². The largest absolute Gasteiger partial charge is 0.481 e. The van der Waals surface area contributed by atoms with Crippen LogP contribution in [0.1, 0.15) is 44.6 Å². The van der Waals surface area contributed by atoms with Crippen LogP contribution in [0.15, 0.2) is 30.3 Å². The molecule has 0 radical (unpaired) electrons. The number of hydrogen-bond donors (Lipinski definition) is 2. The zero-order valence-corrected chi connectivity index (χ0v) is 14.9. The Balaban J connectivity index is 1.36. The van der Waals surface area contributed by atoms with Gasteiger partial charge in [-0.25, -0.2) is 0 Å². The minimum absolute atomic E-state index is 0.649. The lowest BCUT2D eigenvalue weighted by molar-refractivity contribution is -0.148. The zero-order chi connectivity index (χ0) is 17.2. The number of aliphatic carboxylic acids is 1. The molecule has 1 heterocycles. The lowest BCUT2D eigenvalue weighted by atomic mass is 9.90. The van der Waals surface area contributed by atoms with Crippen LogP contribution in [0, 0.1) is 11.3 Å². The van der Waals surface area contributed by atoms with Gasteiger partial charge in [0.1, 0.15) is 0 Å². The van der Waals surface area contributed by atoms with E-state index >= 15 is 0 Å². The van der Waals surface area contributed by atoms with Crippen molar-refractivity contribution in [1.82, 2.24) is 10.2 Å². The van der Waals surface area contributed by atoms with Crippen LogP contribution in [-0.4, -0.2) is 48.2 Å². The third-order valence-electron chi connectivity index (χ3n) is 5.59. The second kappa shape index (κ2) is 7.24. The average Bonchev–Trinajstić information content (AvgIpc) is 3.34. The normalized spacial score (nSPS) is 25.6. The number of carboxylic acid groups (broad SMARTS) is 1. The second-order valence-electron chi connectivity index (χ2n) is 8.18. The predicted octanol–water partition coefficient (Wildman–Crippen LogP) is 2.95. The fraction of sp³-hybridized carbons (Fsp3) is 0.650. The number of benzene rings is 1. The van der Waals surface area contributed by atoms with E-state index in [4.69, 9.17) is 0 Å². The molecule has 2 N–H and O–H groups in total. The molecule has 0 spiro atoms. The van der Waals surface area contributed by atoms with Gasteiger partial charge in [0.05, 0.1) is 5.41 Å². The van der Waals surface area contributed by atoms with Gasteiger partial charge in [0.25, 0.3) is 0 Å². The number of nitrogens with one attached hydrogen (secondary N) is 1. The molecule has 0 aromatic heterocycles. The van der Waals surface area contributed by atoms with Gasteiger partial charge in [0.15, 0.2) is 0 Å². The van der Waals surface area contributed by atoms with E-state index in [0.29, 0.717) is 18.5 Å². The van der Waals surface area contributed by atoms with Crippen LogP contribution >= 0.6 is 0 Å². The van der Waals surface area contributed by atoms with Crippen molar-refractivity contribution in [2.75, 3.05) is 26.2 Å². The van der Waals surface area contributed by atoms with Crippen LogP contribution in [0.5, 0.6) is 0 Å². The summed E-state index contributed by atoms with van der Waals surface area (Å²) in [6, 6.07) is 11.4. The number of piperidine rings is 1. The van der Waals surface area contributed by atoms with Crippen LogP contribution in [-0.2, 0) is 4.79 Å². The minimum Gasteiger partial charge on any atom is -0.481 e. The molecule has 0 amide bonds. The Morgan fingerprint density at radius 3 is 2.54 bits per heavy atom. The third-order valence-corrected chi connectivity index (χ3v) is 5.59. The SMILES string of the molecule is CC(C)(CN1CCC(CN[C@H]2C[C@@H]2c2ccccc2)CC1)C(=O)O. The Hall–Kier alpha value is -1.39. The van der Waals surface area contributed by atoms with Gasteiger partial charge in [-0.3, -0.25) is 4.79 Å². The van der Waals surface area contributed by atoms with Gasteiger partial charge in [0, 0.05) is 18.5 Å². The molecule has 3 rings (SSSR count). The first-order chi connectivity index (χ1) is 11.5. The Bertz CT molecular complexity index is 550. The minimum atomic E-state index is -0.702. The molecule has 2 fully saturated rings. The molecule has 1 aromatic carbocycles. The summed E-state index contributed by atoms with van der Waals surface area (Å²) < 4.78 is 0. The Morgan fingerprint density at radius 2 is 1.92 bits per heavy atom. The molecular weight excluding hydrogens is 300 g/mol. The van der Waals surface area contributed by atoms with Gasteiger partial charge >= 0.3 is 5.97 Å². The smallest absolute Gasteiger partial charge is 0.310 e. The highest BCUT2D eigenvalue weighted by atomic mass is 16.4. The predicted molar refractivity (Wildman–Crippen MR) is 96.2 cm³/mol. The van der Waals surface area contributed by atoms with Crippen molar-refractivity contribution >= 4 is 5.97 Å². The van der Waals surface area contributed by atoms with E-state index in [1.807, 2.05) is 13.8 Å². The first kappa shape index (κ1) is 17.4. The van der Waals surface area contributed by atoms with Crippen LogP contribution < -0.4 is 5.32 Å². The molecule has 1 aliphatic carbocycles. The van der Waals surface area contributed by atoms with Crippen LogP contribution in [0.25, 0.3) is 0 Å². The highest BCUT2D eigenvalue weighted by molar-refractivity contribution is 5.73. The quantitative estimate of drug-likeness (QED) is 0.807. The fourth-order valence-corrected chi connectivity index (χ4v) is 3.78. The third kappa shape index (κ3) is 4.37. The molecule has 4 nitrogen and oxygen atoms in total. The standard InChI is InChI=1S/C20H30N2O2/c1-20(2,19(23)24)14-22-10-8-15(9-11-22)13-21-18-12-17(18)16-6-4-3-5-7-16/h3-7,15,17-18,21H,8-14H2,1-2H3,(H,23,24)/t17-,18+/m1/s1. The molecule has 1 saturated heterocycles. The van der Waals surface area contributed by atoms with Gasteiger partial charge in [-0.2, -0.15) is 0 Å². The number of hydrogen-bond acceptors (Lipinski definition) is 3. The van der Waals surface area contributed by atoms with Crippen molar-refractivity contribution in [3.63, 3.8) is 0 Å². The Kier molecular flexibility index (Phi) is 5.26. The topological polar surface area (TPSA) is 52.6 Å². The van der Waals surface area contributed by atoms with Crippen LogP contribution in [0.3, 0.4) is 0 Å². The summed E-state index contributed by atoms with van der Waals surface area (Å²) >= 11 is 0. The first-order valence-electron chi connectivity index (χ1n) is 9.20. The van der Waals surface area contributed by atoms with Crippen molar-refractivity contribution in [3.05, 3.63) is 35.9 Å². The summed E-state index contributed by atoms with van der Waals surface area (Å²) in [7, 11) is 0. The van der Waals surface area contributed by atoms with Crippen LogP contribution in [0.4, 0.5) is 0 Å². The monoisotopic (exact) mass is 330 g/mol. The molecule has 132 valence electrons. The van der Waals surface area contributed by atoms with E-state index in [9.17, 15) is 9.90 Å². The molecule has 0 unspecified atom stereocenters. The number of nitrogens with zero attached hydrogens (tertiary/aromatic N) is 1.